The van der Waals surface area contributed by atoms with Gasteiger partial charge in [-0.1, -0.05) is 36.0 Å². The summed E-state index contributed by atoms with van der Waals surface area (Å²) in [6.07, 6.45) is 1.77. The van der Waals surface area contributed by atoms with Gasteiger partial charge in [-0.3, -0.25) is 4.79 Å². The first kappa shape index (κ1) is 19.9. The van der Waals surface area contributed by atoms with Crippen LogP contribution < -0.4 is 5.32 Å². The Balaban J connectivity index is 1.42. The van der Waals surface area contributed by atoms with E-state index < -0.39 is 0 Å². The molecule has 4 rings (SSSR count). The predicted molar refractivity (Wildman–Crippen MR) is 119 cm³/mol. The number of nitrogens with zero attached hydrogens (tertiary/aromatic N) is 3. The number of carbonyl (C=O) groups excluding carboxylic acids is 1. The maximum atomic E-state index is 12.6. The first-order valence-corrected chi connectivity index (χ1v) is 10.5. The molecule has 0 atom stereocenters. The molecule has 0 spiro atoms. The van der Waals surface area contributed by atoms with E-state index in [9.17, 15) is 4.79 Å². The maximum absolute atomic E-state index is 12.6. The Labute approximate surface area is 180 Å². The summed E-state index contributed by atoms with van der Waals surface area (Å²) >= 11 is 1.57. The lowest BCUT2D eigenvalue weighted by Gasteiger charge is -2.08. The molecule has 0 bridgehead atoms. The number of hydrogen-bond acceptors (Lipinski definition) is 4. The molecule has 2 aromatic carbocycles. The second-order valence-electron chi connectivity index (χ2n) is 6.87. The number of hydrogen-bond donors (Lipinski definition) is 1. The Bertz CT molecular complexity index is 1140. The maximum Gasteiger partial charge on any atom is 0.251 e. The van der Waals surface area contributed by atoms with Crippen LogP contribution in [-0.4, -0.2) is 20.7 Å². The van der Waals surface area contributed by atoms with Gasteiger partial charge in [0, 0.05) is 34.5 Å². The van der Waals surface area contributed by atoms with Gasteiger partial charge >= 0.3 is 0 Å². The third-order valence-electron chi connectivity index (χ3n) is 4.84. The van der Waals surface area contributed by atoms with E-state index in [4.69, 9.17) is 0 Å². The quantitative estimate of drug-likeness (QED) is 0.484. The molecule has 5 nitrogen and oxygen atoms in total. The zero-order chi connectivity index (χ0) is 20.9. The Morgan fingerprint density at radius 3 is 2.40 bits per heavy atom. The van der Waals surface area contributed by atoms with Crippen molar-refractivity contribution < 1.29 is 4.79 Å². The van der Waals surface area contributed by atoms with Gasteiger partial charge < -0.3 is 5.32 Å². The average molecular weight is 415 g/mol. The predicted octanol–water partition coefficient (Wildman–Crippen LogP) is 4.97. The highest BCUT2D eigenvalue weighted by Gasteiger charge is 2.14. The van der Waals surface area contributed by atoms with Crippen LogP contribution in [0.25, 0.3) is 5.69 Å². The standard InChI is InChI=1S/C24H22N4OS/c1-17-22(18(2)28(27-17)20-8-4-3-5-9-20)16-26-24(29)19-11-13-21(14-12-19)30-23-10-6-7-15-25-23/h3-15H,16H2,1-2H3,(H,26,29). The van der Waals surface area contributed by atoms with Crippen LogP contribution in [0.15, 0.2) is 88.9 Å². The molecule has 0 aliphatic carbocycles. The Kier molecular flexibility index (Phi) is 5.95. The Morgan fingerprint density at radius 1 is 0.967 bits per heavy atom. The Hall–Kier alpha value is -3.38. The monoisotopic (exact) mass is 414 g/mol. The molecule has 2 heterocycles. The summed E-state index contributed by atoms with van der Waals surface area (Å²) < 4.78 is 1.92. The summed E-state index contributed by atoms with van der Waals surface area (Å²) in [5.74, 6) is -0.101. The van der Waals surface area contributed by atoms with Gasteiger partial charge in [0.05, 0.1) is 11.4 Å². The van der Waals surface area contributed by atoms with Gasteiger partial charge in [-0.15, -0.1) is 0 Å². The number of para-hydroxylation sites is 1. The van der Waals surface area contributed by atoms with Gasteiger partial charge in [0.15, 0.2) is 0 Å². The molecule has 0 unspecified atom stereocenters. The molecule has 0 aliphatic heterocycles. The number of nitrogens with one attached hydrogen (secondary N) is 1. The molecule has 0 saturated carbocycles. The second-order valence-corrected chi connectivity index (χ2v) is 7.97. The highest BCUT2D eigenvalue weighted by molar-refractivity contribution is 7.99. The molecular formula is C24H22N4OS. The molecule has 1 N–H and O–H groups in total. The fourth-order valence-corrected chi connectivity index (χ4v) is 4.00. The number of carbonyl (C=O) groups is 1. The fraction of sp³-hybridized carbons (Fsp3) is 0.125. The molecule has 0 fully saturated rings. The fourth-order valence-electron chi connectivity index (χ4n) is 3.22. The topological polar surface area (TPSA) is 59.8 Å². The molecule has 6 heteroatoms. The van der Waals surface area contributed by atoms with E-state index in [0.29, 0.717) is 12.1 Å². The lowest BCUT2D eigenvalue weighted by atomic mass is 10.1. The van der Waals surface area contributed by atoms with Crippen molar-refractivity contribution in [2.45, 2.75) is 30.3 Å². The molecular weight excluding hydrogens is 392 g/mol. The number of amides is 1. The van der Waals surface area contributed by atoms with Crippen LogP contribution in [0.5, 0.6) is 0 Å². The van der Waals surface area contributed by atoms with Gasteiger partial charge in [0.25, 0.3) is 5.91 Å². The smallest absolute Gasteiger partial charge is 0.251 e. The zero-order valence-electron chi connectivity index (χ0n) is 16.9. The van der Waals surface area contributed by atoms with Gasteiger partial charge in [-0.05, 0) is 62.4 Å². The minimum atomic E-state index is -0.101. The third-order valence-corrected chi connectivity index (χ3v) is 5.80. The number of aryl methyl sites for hydroxylation is 1. The van der Waals surface area contributed by atoms with Crippen LogP contribution >= 0.6 is 11.8 Å². The van der Waals surface area contributed by atoms with Crippen molar-refractivity contribution in [3.05, 3.63) is 102 Å². The normalized spacial score (nSPS) is 10.7. The molecule has 30 heavy (non-hydrogen) atoms. The van der Waals surface area contributed by atoms with Crippen molar-refractivity contribution in [1.82, 2.24) is 20.1 Å². The van der Waals surface area contributed by atoms with E-state index in [2.05, 4.69) is 15.4 Å². The first-order chi connectivity index (χ1) is 14.6. The van der Waals surface area contributed by atoms with Crippen LogP contribution in [0.1, 0.15) is 27.3 Å². The van der Waals surface area contributed by atoms with Crippen molar-refractivity contribution >= 4 is 17.7 Å². The summed E-state index contributed by atoms with van der Waals surface area (Å²) in [4.78, 5) is 18.0. The molecule has 4 aromatic rings. The summed E-state index contributed by atoms with van der Waals surface area (Å²) in [5.41, 5.74) is 4.62. The highest BCUT2D eigenvalue weighted by atomic mass is 32.2. The largest absolute Gasteiger partial charge is 0.348 e. The number of rotatable bonds is 6. The molecule has 2 aromatic heterocycles. The minimum absolute atomic E-state index is 0.101. The van der Waals surface area contributed by atoms with Crippen molar-refractivity contribution in [2.75, 3.05) is 0 Å². The van der Waals surface area contributed by atoms with Crippen molar-refractivity contribution in [3.63, 3.8) is 0 Å². The second kappa shape index (κ2) is 8.97. The van der Waals surface area contributed by atoms with Gasteiger partial charge in [-0.2, -0.15) is 5.10 Å². The Morgan fingerprint density at radius 2 is 1.70 bits per heavy atom. The third kappa shape index (κ3) is 4.44. The van der Waals surface area contributed by atoms with E-state index in [1.807, 2.05) is 91.3 Å². The van der Waals surface area contributed by atoms with Gasteiger partial charge in [-0.25, -0.2) is 9.67 Å². The van der Waals surface area contributed by atoms with Crippen molar-refractivity contribution in [2.24, 2.45) is 0 Å². The molecule has 1 amide bonds. The molecule has 0 saturated heterocycles. The average Bonchev–Trinajstić information content (AvgIpc) is 3.07. The number of pyridine rings is 1. The lowest BCUT2D eigenvalue weighted by Crippen LogP contribution is -2.23. The van der Waals surface area contributed by atoms with Crippen LogP contribution in [0.2, 0.25) is 0 Å². The van der Waals surface area contributed by atoms with E-state index in [-0.39, 0.29) is 5.91 Å². The van der Waals surface area contributed by atoms with E-state index >= 15 is 0 Å². The lowest BCUT2D eigenvalue weighted by molar-refractivity contribution is 0.0951. The van der Waals surface area contributed by atoms with Crippen LogP contribution in [0.3, 0.4) is 0 Å². The van der Waals surface area contributed by atoms with E-state index in [1.54, 1.807) is 18.0 Å². The van der Waals surface area contributed by atoms with Crippen LogP contribution in [-0.2, 0) is 6.54 Å². The van der Waals surface area contributed by atoms with Crippen LogP contribution in [0.4, 0.5) is 0 Å². The molecule has 0 radical (unpaired) electrons. The SMILES string of the molecule is Cc1nn(-c2ccccc2)c(C)c1CNC(=O)c1ccc(Sc2ccccn2)cc1. The molecule has 0 aliphatic rings. The van der Waals surface area contributed by atoms with Crippen molar-refractivity contribution in [3.8, 4) is 5.69 Å². The van der Waals surface area contributed by atoms with E-state index in [0.717, 1.165) is 32.6 Å². The number of benzene rings is 2. The summed E-state index contributed by atoms with van der Waals surface area (Å²) in [7, 11) is 0. The molecule has 150 valence electrons. The summed E-state index contributed by atoms with van der Waals surface area (Å²) in [6.45, 7) is 4.43. The number of aromatic nitrogens is 3. The van der Waals surface area contributed by atoms with Crippen molar-refractivity contribution in [1.29, 1.82) is 0 Å². The van der Waals surface area contributed by atoms with Crippen LogP contribution in [0, 0.1) is 13.8 Å². The van der Waals surface area contributed by atoms with E-state index in [1.165, 1.54) is 0 Å². The minimum Gasteiger partial charge on any atom is -0.348 e. The van der Waals surface area contributed by atoms with Gasteiger partial charge in [0.2, 0.25) is 0 Å². The summed E-state index contributed by atoms with van der Waals surface area (Å²) in [6, 6.07) is 23.4. The first-order valence-electron chi connectivity index (χ1n) is 9.69. The van der Waals surface area contributed by atoms with Gasteiger partial charge in [0.1, 0.15) is 5.03 Å². The highest BCUT2D eigenvalue weighted by Crippen LogP contribution is 2.25. The summed E-state index contributed by atoms with van der Waals surface area (Å²) in [5, 5.41) is 8.59. The zero-order valence-corrected chi connectivity index (χ0v) is 17.7.